The summed E-state index contributed by atoms with van der Waals surface area (Å²) in [6.45, 7) is 0.580. The van der Waals surface area contributed by atoms with Gasteiger partial charge in [-0.15, -0.1) is 0 Å². The number of nitrogens with zero attached hydrogens (tertiary/aromatic N) is 3. The summed E-state index contributed by atoms with van der Waals surface area (Å²) in [6.07, 6.45) is 2.34. The maximum Gasteiger partial charge on any atom is 0.340 e. The first-order chi connectivity index (χ1) is 14.2. The van der Waals surface area contributed by atoms with E-state index in [0.717, 1.165) is 22.5 Å². The number of methoxy groups -OCH3 is 2. The molecule has 0 aliphatic heterocycles. The molecule has 2 heterocycles. The van der Waals surface area contributed by atoms with Crippen LogP contribution in [0.25, 0.3) is 22.5 Å². The van der Waals surface area contributed by atoms with E-state index in [9.17, 15) is 4.79 Å². The summed E-state index contributed by atoms with van der Waals surface area (Å²) in [5.74, 6) is 1.88. The Morgan fingerprint density at radius 1 is 1.03 bits per heavy atom. The van der Waals surface area contributed by atoms with Gasteiger partial charge in [-0.3, -0.25) is 4.98 Å². The predicted octanol–water partition coefficient (Wildman–Crippen LogP) is 2.89. The zero-order valence-electron chi connectivity index (χ0n) is 16.2. The molecule has 0 saturated heterocycles. The molecule has 0 amide bonds. The second-order valence-corrected chi connectivity index (χ2v) is 6.42. The van der Waals surface area contributed by atoms with Gasteiger partial charge in [0.25, 0.3) is 0 Å². The fourth-order valence-corrected chi connectivity index (χ4v) is 3.36. The molecule has 0 unspecified atom stereocenters. The third kappa shape index (κ3) is 3.64. The molecule has 4 aromatic rings. The molecule has 8 nitrogen and oxygen atoms in total. The molecule has 0 fully saturated rings. The second-order valence-electron chi connectivity index (χ2n) is 6.42. The smallest absolute Gasteiger partial charge is 0.340 e. The molecule has 0 aliphatic carbocycles. The minimum atomic E-state index is -0.315. The van der Waals surface area contributed by atoms with Gasteiger partial charge in [0, 0.05) is 24.1 Å². The van der Waals surface area contributed by atoms with E-state index in [-0.39, 0.29) is 5.69 Å². The Balaban J connectivity index is 1.83. The SMILES string of the molecule is COc1cccc(-c2c(-c3ccccc3)ncn2CCc2n[nH]c(=O)[nH]2)c1OC. The van der Waals surface area contributed by atoms with E-state index in [4.69, 9.17) is 9.47 Å². The average Bonchev–Trinajstić information content (AvgIpc) is 3.38. The molecule has 0 aliphatic rings. The average molecular weight is 391 g/mol. The topological polar surface area (TPSA) is 97.8 Å². The molecule has 29 heavy (non-hydrogen) atoms. The van der Waals surface area contributed by atoms with Crippen LogP contribution in [0.15, 0.2) is 59.7 Å². The minimum Gasteiger partial charge on any atom is -0.493 e. The Morgan fingerprint density at radius 3 is 2.55 bits per heavy atom. The normalized spacial score (nSPS) is 10.8. The fourth-order valence-electron chi connectivity index (χ4n) is 3.36. The van der Waals surface area contributed by atoms with E-state index in [0.29, 0.717) is 30.3 Å². The largest absolute Gasteiger partial charge is 0.493 e. The van der Waals surface area contributed by atoms with Gasteiger partial charge in [0.2, 0.25) is 0 Å². The van der Waals surface area contributed by atoms with E-state index >= 15 is 0 Å². The fraction of sp³-hybridized carbons (Fsp3) is 0.190. The van der Waals surface area contributed by atoms with E-state index in [1.807, 2.05) is 53.1 Å². The number of para-hydroxylation sites is 1. The first-order valence-corrected chi connectivity index (χ1v) is 9.16. The van der Waals surface area contributed by atoms with Crippen LogP contribution < -0.4 is 15.2 Å². The number of benzene rings is 2. The maximum absolute atomic E-state index is 11.3. The highest BCUT2D eigenvalue weighted by molar-refractivity contribution is 5.83. The van der Waals surface area contributed by atoms with Crippen molar-refractivity contribution in [2.75, 3.05) is 14.2 Å². The summed E-state index contributed by atoms with van der Waals surface area (Å²) in [5, 5.41) is 6.38. The van der Waals surface area contributed by atoms with Gasteiger partial charge in [-0.1, -0.05) is 36.4 Å². The van der Waals surface area contributed by atoms with Crippen LogP contribution >= 0.6 is 0 Å². The molecule has 2 aromatic carbocycles. The zero-order valence-corrected chi connectivity index (χ0v) is 16.2. The van der Waals surface area contributed by atoms with Crippen LogP contribution in [0.3, 0.4) is 0 Å². The first kappa shape index (κ1) is 18.5. The Kier molecular flexibility index (Phi) is 5.15. The van der Waals surface area contributed by atoms with Crippen LogP contribution in [0.1, 0.15) is 5.82 Å². The Labute approximate surface area is 167 Å². The molecule has 2 aromatic heterocycles. The van der Waals surface area contributed by atoms with Gasteiger partial charge in [-0.25, -0.2) is 14.9 Å². The van der Waals surface area contributed by atoms with E-state index in [2.05, 4.69) is 20.2 Å². The third-order valence-electron chi connectivity index (χ3n) is 4.68. The minimum absolute atomic E-state index is 0.315. The van der Waals surface area contributed by atoms with Crippen molar-refractivity contribution < 1.29 is 9.47 Å². The summed E-state index contributed by atoms with van der Waals surface area (Å²) in [7, 11) is 3.24. The van der Waals surface area contributed by atoms with Crippen molar-refractivity contribution in [3.8, 4) is 34.0 Å². The van der Waals surface area contributed by atoms with E-state index < -0.39 is 0 Å². The number of hydrogen-bond donors (Lipinski definition) is 2. The van der Waals surface area contributed by atoms with Crippen molar-refractivity contribution >= 4 is 0 Å². The monoisotopic (exact) mass is 391 g/mol. The number of aromatic amines is 2. The van der Waals surface area contributed by atoms with Crippen molar-refractivity contribution in [1.82, 2.24) is 24.7 Å². The van der Waals surface area contributed by atoms with Crippen molar-refractivity contribution in [1.29, 1.82) is 0 Å². The first-order valence-electron chi connectivity index (χ1n) is 9.16. The predicted molar refractivity (Wildman–Crippen MR) is 109 cm³/mol. The van der Waals surface area contributed by atoms with Crippen LogP contribution in [0.5, 0.6) is 11.5 Å². The van der Waals surface area contributed by atoms with Gasteiger partial charge in [0.15, 0.2) is 11.5 Å². The number of nitrogens with one attached hydrogen (secondary N) is 2. The number of aromatic nitrogens is 5. The van der Waals surface area contributed by atoms with Crippen molar-refractivity contribution in [2.24, 2.45) is 0 Å². The highest BCUT2D eigenvalue weighted by atomic mass is 16.5. The van der Waals surface area contributed by atoms with Gasteiger partial charge < -0.3 is 14.0 Å². The summed E-state index contributed by atoms with van der Waals surface area (Å²) in [5.41, 5.74) is 3.31. The number of ether oxygens (including phenoxy) is 2. The van der Waals surface area contributed by atoms with Crippen LogP contribution in [0.4, 0.5) is 0 Å². The molecule has 0 spiro atoms. The van der Waals surface area contributed by atoms with E-state index in [1.165, 1.54) is 0 Å². The molecule has 0 atom stereocenters. The standard InChI is InChI=1S/C21H21N5O3/c1-28-16-10-6-9-15(20(16)29-2)19-18(14-7-4-3-5-8-14)22-13-26(19)12-11-17-23-21(27)25-24-17/h3-10,13H,11-12H2,1-2H3,(H2,23,24,25,27). The second kappa shape index (κ2) is 8.05. The quantitative estimate of drug-likeness (QED) is 0.505. The molecule has 2 N–H and O–H groups in total. The van der Waals surface area contributed by atoms with Gasteiger partial charge in [0.1, 0.15) is 5.82 Å². The molecule has 0 saturated carbocycles. The van der Waals surface area contributed by atoms with Crippen molar-refractivity contribution in [3.63, 3.8) is 0 Å². The van der Waals surface area contributed by atoms with Gasteiger partial charge >= 0.3 is 5.69 Å². The molecule has 4 rings (SSSR count). The van der Waals surface area contributed by atoms with Crippen LogP contribution in [0, 0.1) is 0 Å². The highest BCUT2D eigenvalue weighted by Crippen LogP contribution is 2.41. The number of imidazole rings is 1. The molecule has 148 valence electrons. The zero-order chi connectivity index (χ0) is 20.2. The van der Waals surface area contributed by atoms with Crippen molar-refractivity contribution in [2.45, 2.75) is 13.0 Å². The lowest BCUT2D eigenvalue weighted by molar-refractivity contribution is 0.356. The van der Waals surface area contributed by atoms with E-state index in [1.54, 1.807) is 20.5 Å². The molecule has 0 bridgehead atoms. The molecular formula is C21H21N5O3. The summed E-state index contributed by atoms with van der Waals surface area (Å²) in [6, 6.07) is 15.7. The summed E-state index contributed by atoms with van der Waals surface area (Å²) in [4.78, 5) is 18.7. The van der Waals surface area contributed by atoms with Gasteiger partial charge in [-0.05, 0) is 12.1 Å². The Hall–Kier alpha value is -3.81. The number of rotatable bonds is 7. The lowest BCUT2D eigenvalue weighted by atomic mass is 10.0. The van der Waals surface area contributed by atoms with Crippen LogP contribution in [-0.2, 0) is 13.0 Å². The Morgan fingerprint density at radius 2 is 1.86 bits per heavy atom. The maximum atomic E-state index is 11.3. The molecule has 0 radical (unpaired) electrons. The highest BCUT2D eigenvalue weighted by Gasteiger charge is 2.20. The molecule has 8 heteroatoms. The number of aryl methyl sites for hydroxylation is 2. The lowest BCUT2D eigenvalue weighted by Crippen LogP contribution is -2.06. The number of H-pyrrole nitrogens is 2. The van der Waals surface area contributed by atoms with Crippen LogP contribution in [-0.4, -0.2) is 39.0 Å². The van der Waals surface area contributed by atoms with Crippen LogP contribution in [0.2, 0.25) is 0 Å². The number of hydrogen-bond acceptors (Lipinski definition) is 5. The molecular weight excluding hydrogens is 370 g/mol. The van der Waals surface area contributed by atoms with Gasteiger partial charge in [-0.2, -0.15) is 5.10 Å². The van der Waals surface area contributed by atoms with Crippen molar-refractivity contribution in [3.05, 3.63) is 71.2 Å². The Bertz CT molecular complexity index is 1160. The lowest BCUT2D eigenvalue weighted by Gasteiger charge is -2.16. The summed E-state index contributed by atoms with van der Waals surface area (Å²) < 4.78 is 13.2. The third-order valence-corrected chi connectivity index (χ3v) is 4.68. The summed E-state index contributed by atoms with van der Waals surface area (Å²) >= 11 is 0. The van der Waals surface area contributed by atoms with Gasteiger partial charge in [0.05, 0.1) is 31.9 Å².